The smallest absolute Gasteiger partial charge is 0.324 e. The molecule has 0 saturated heterocycles. The van der Waals surface area contributed by atoms with Gasteiger partial charge < -0.3 is 10.3 Å². The SMILES string of the molecule is NC1CCCc2c1ccn2CC(F)(F)C(F)F. The Morgan fingerprint density at radius 1 is 1.47 bits per heavy atom. The van der Waals surface area contributed by atoms with E-state index < -0.39 is 18.9 Å². The van der Waals surface area contributed by atoms with E-state index in [1.807, 2.05) is 0 Å². The van der Waals surface area contributed by atoms with Gasteiger partial charge in [-0.3, -0.25) is 0 Å². The Labute approximate surface area is 96.4 Å². The second kappa shape index (κ2) is 4.33. The van der Waals surface area contributed by atoms with Crippen molar-refractivity contribution < 1.29 is 17.6 Å². The topological polar surface area (TPSA) is 30.9 Å². The summed E-state index contributed by atoms with van der Waals surface area (Å²) in [6.07, 6.45) is 0.0140. The van der Waals surface area contributed by atoms with Crippen LogP contribution >= 0.6 is 0 Å². The second-order valence-corrected chi connectivity index (χ2v) is 4.41. The van der Waals surface area contributed by atoms with Crippen LogP contribution in [-0.2, 0) is 13.0 Å². The lowest BCUT2D eigenvalue weighted by atomic mass is 9.93. The van der Waals surface area contributed by atoms with Crippen LogP contribution in [-0.4, -0.2) is 16.9 Å². The van der Waals surface area contributed by atoms with Crippen LogP contribution in [0, 0.1) is 0 Å². The molecule has 0 spiro atoms. The summed E-state index contributed by atoms with van der Waals surface area (Å²) in [5, 5.41) is 0. The summed E-state index contributed by atoms with van der Waals surface area (Å²) in [5.74, 6) is -3.99. The molecule has 1 atom stereocenters. The Morgan fingerprint density at radius 2 is 2.18 bits per heavy atom. The summed E-state index contributed by atoms with van der Waals surface area (Å²) < 4.78 is 51.4. The number of hydrogen-bond donors (Lipinski definition) is 1. The van der Waals surface area contributed by atoms with Crippen LogP contribution in [0.2, 0.25) is 0 Å². The lowest BCUT2D eigenvalue weighted by Gasteiger charge is -2.23. The van der Waals surface area contributed by atoms with Gasteiger partial charge in [0, 0.05) is 17.9 Å². The number of aromatic nitrogens is 1. The minimum Gasteiger partial charge on any atom is -0.345 e. The maximum Gasteiger partial charge on any atom is 0.324 e. The van der Waals surface area contributed by atoms with Crippen LogP contribution in [0.5, 0.6) is 0 Å². The van der Waals surface area contributed by atoms with Crippen molar-refractivity contribution in [2.75, 3.05) is 0 Å². The van der Waals surface area contributed by atoms with Crippen LogP contribution in [0.15, 0.2) is 12.3 Å². The van der Waals surface area contributed by atoms with Crippen molar-refractivity contribution in [3.63, 3.8) is 0 Å². The summed E-state index contributed by atoms with van der Waals surface area (Å²) in [5.41, 5.74) is 7.31. The third-order valence-electron chi connectivity index (χ3n) is 3.14. The number of rotatable bonds is 3. The maximum atomic E-state index is 13.0. The molecule has 96 valence electrons. The first-order chi connectivity index (χ1) is 7.92. The molecule has 2 N–H and O–H groups in total. The fraction of sp³-hybridized carbons (Fsp3) is 0.636. The molecule has 0 saturated carbocycles. The lowest BCUT2D eigenvalue weighted by molar-refractivity contribution is -0.138. The Morgan fingerprint density at radius 3 is 2.82 bits per heavy atom. The molecule has 0 aromatic carbocycles. The van der Waals surface area contributed by atoms with E-state index in [-0.39, 0.29) is 6.04 Å². The molecule has 1 aliphatic carbocycles. The molecule has 17 heavy (non-hydrogen) atoms. The predicted molar refractivity (Wildman–Crippen MR) is 55.2 cm³/mol. The number of hydrogen-bond acceptors (Lipinski definition) is 1. The van der Waals surface area contributed by atoms with Gasteiger partial charge in [-0.15, -0.1) is 0 Å². The highest BCUT2D eigenvalue weighted by atomic mass is 19.3. The van der Waals surface area contributed by atoms with Crippen molar-refractivity contribution in [2.24, 2.45) is 5.73 Å². The molecule has 2 rings (SSSR count). The highest BCUT2D eigenvalue weighted by Crippen LogP contribution is 2.32. The Hall–Kier alpha value is -1.04. The Balaban J connectivity index is 2.23. The molecular weight excluding hydrogens is 236 g/mol. The van der Waals surface area contributed by atoms with E-state index in [1.54, 1.807) is 6.07 Å². The van der Waals surface area contributed by atoms with Crippen LogP contribution in [0.4, 0.5) is 17.6 Å². The van der Waals surface area contributed by atoms with Gasteiger partial charge in [0.05, 0.1) is 6.54 Å². The molecule has 1 aromatic rings. The molecule has 0 bridgehead atoms. The van der Waals surface area contributed by atoms with Gasteiger partial charge in [-0.25, -0.2) is 8.78 Å². The number of halogens is 4. The van der Waals surface area contributed by atoms with Gasteiger partial charge in [-0.1, -0.05) is 0 Å². The van der Waals surface area contributed by atoms with E-state index in [0.717, 1.165) is 18.4 Å². The summed E-state index contributed by atoms with van der Waals surface area (Å²) in [6.45, 7) is -0.979. The van der Waals surface area contributed by atoms with E-state index in [4.69, 9.17) is 5.73 Å². The Bertz CT molecular complexity index is 400. The van der Waals surface area contributed by atoms with Gasteiger partial charge in [-0.05, 0) is 30.9 Å². The van der Waals surface area contributed by atoms with Gasteiger partial charge in [0.2, 0.25) is 0 Å². The van der Waals surface area contributed by atoms with Gasteiger partial charge in [0.1, 0.15) is 0 Å². The molecule has 2 nitrogen and oxygen atoms in total. The molecule has 0 amide bonds. The number of fused-ring (bicyclic) bond motifs is 1. The van der Waals surface area contributed by atoms with E-state index in [2.05, 4.69) is 0 Å². The summed E-state index contributed by atoms with van der Waals surface area (Å²) >= 11 is 0. The zero-order valence-electron chi connectivity index (χ0n) is 9.17. The average molecular weight is 250 g/mol. The van der Waals surface area contributed by atoms with Gasteiger partial charge >= 0.3 is 12.3 Å². The molecule has 6 heteroatoms. The standard InChI is InChI=1S/C11H14F4N2/c12-10(13)11(14,15)6-17-5-4-7-8(16)2-1-3-9(7)17/h4-5,8,10H,1-3,6,16H2. The largest absolute Gasteiger partial charge is 0.345 e. The number of alkyl halides is 4. The molecule has 0 fully saturated rings. The zero-order valence-corrected chi connectivity index (χ0v) is 9.17. The van der Waals surface area contributed by atoms with Gasteiger partial charge in [-0.2, -0.15) is 8.78 Å². The average Bonchev–Trinajstić information content (AvgIpc) is 2.62. The first kappa shape index (κ1) is 12.4. The van der Waals surface area contributed by atoms with Crippen LogP contribution in [0.1, 0.15) is 30.1 Å². The van der Waals surface area contributed by atoms with E-state index >= 15 is 0 Å². The lowest BCUT2D eigenvalue weighted by Crippen LogP contribution is -2.33. The van der Waals surface area contributed by atoms with Crippen molar-refractivity contribution in [3.05, 3.63) is 23.5 Å². The second-order valence-electron chi connectivity index (χ2n) is 4.41. The van der Waals surface area contributed by atoms with Crippen molar-refractivity contribution in [3.8, 4) is 0 Å². The zero-order chi connectivity index (χ0) is 12.6. The molecule has 1 unspecified atom stereocenters. The third kappa shape index (κ3) is 2.31. The highest BCUT2D eigenvalue weighted by Gasteiger charge is 2.41. The monoisotopic (exact) mass is 250 g/mol. The van der Waals surface area contributed by atoms with Crippen molar-refractivity contribution >= 4 is 0 Å². The molecule has 1 aliphatic rings. The normalized spacial score (nSPS) is 20.7. The van der Waals surface area contributed by atoms with Crippen LogP contribution in [0.3, 0.4) is 0 Å². The minimum absolute atomic E-state index is 0.167. The van der Waals surface area contributed by atoms with Crippen molar-refractivity contribution in [1.29, 1.82) is 0 Å². The quantitative estimate of drug-likeness (QED) is 0.821. The highest BCUT2D eigenvalue weighted by molar-refractivity contribution is 5.28. The summed E-state index contributed by atoms with van der Waals surface area (Å²) in [4.78, 5) is 0. The minimum atomic E-state index is -3.99. The molecule has 1 heterocycles. The van der Waals surface area contributed by atoms with E-state index in [0.29, 0.717) is 12.1 Å². The predicted octanol–water partition coefficient (Wildman–Crippen LogP) is 2.72. The van der Waals surface area contributed by atoms with Gasteiger partial charge in [0.15, 0.2) is 0 Å². The molecule has 0 radical (unpaired) electrons. The van der Waals surface area contributed by atoms with Crippen LogP contribution < -0.4 is 5.73 Å². The van der Waals surface area contributed by atoms with Gasteiger partial charge in [0.25, 0.3) is 0 Å². The van der Waals surface area contributed by atoms with Crippen molar-refractivity contribution in [1.82, 2.24) is 4.57 Å². The third-order valence-corrected chi connectivity index (χ3v) is 3.14. The first-order valence-electron chi connectivity index (χ1n) is 5.51. The van der Waals surface area contributed by atoms with E-state index in [1.165, 1.54) is 10.8 Å². The molecular formula is C11H14F4N2. The Kier molecular flexibility index (Phi) is 3.16. The number of nitrogens with two attached hydrogens (primary N) is 1. The van der Waals surface area contributed by atoms with E-state index in [9.17, 15) is 17.6 Å². The summed E-state index contributed by atoms with van der Waals surface area (Å²) in [7, 11) is 0. The first-order valence-corrected chi connectivity index (χ1v) is 5.51. The fourth-order valence-electron chi connectivity index (χ4n) is 2.24. The van der Waals surface area contributed by atoms with Crippen molar-refractivity contribution in [2.45, 2.75) is 44.2 Å². The van der Waals surface area contributed by atoms with Crippen LogP contribution in [0.25, 0.3) is 0 Å². The fourth-order valence-corrected chi connectivity index (χ4v) is 2.24. The summed E-state index contributed by atoms with van der Waals surface area (Å²) in [6, 6.07) is 1.49. The number of nitrogens with zero attached hydrogens (tertiary/aromatic N) is 1. The molecule has 0 aliphatic heterocycles. The molecule has 1 aromatic heterocycles. The maximum absolute atomic E-state index is 13.0.